The van der Waals surface area contributed by atoms with Crippen LogP contribution in [-0.2, 0) is 16.0 Å². The maximum atomic E-state index is 13.2. The number of hydrogen-bond acceptors (Lipinski definition) is 5. The van der Waals surface area contributed by atoms with Gasteiger partial charge in [0.1, 0.15) is 5.75 Å². The highest BCUT2D eigenvalue weighted by molar-refractivity contribution is 5.82. The van der Waals surface area contributed by atoms with Gasteiger partial charge < -0.3 is 15.0 Å². The highest BCUT2D eigenvalue weighted by Gasteiger charge is 2.37. The molecule has 1 N–H and O–H groups in total. The first-order valence-electron chi connectivity index (χ1n) is 12.1. The Morgan fingerprint density at radius 1 is 1.00 bits per heavy atom. The van der Waals surface area contributed by atoms with Crippen LogP contribution < -0.4 is 10.1 Å². The topological polar surface area (TPSA) is 74.8 Å². The number of benzene rings is 1. The highest BCUT2D eigenvalue weighted by atomic mass is 16.5. The number of aromatic nitrogens is 1. The summed E-state index contributed by atoms with van der Waals surface area (Å²) >= 11 is 0. The molecule has 1 aliphatic heterocycles. The van der Waals surface area contributed by atoms with E-state index in [0.717, 1.165) is 25.0 Å². The van der Waals surface area contributed by atoms with Gasteiger partial charge in [0.2, 0.25) is 5.91 Å². The van der Waals surface area contributed by atoms with Crippen LogP contribution in [0.5, 0.6) is 5.75 Å². The quantitative estimate of drug-likeness (QED) is 0.636. The lowest BCUT2D eigenvalue weighted by Crippen LogP contribution is -2.58. The van der Waals surface area contributed by atoms with Crippen molar-refractivity contribution in [2.45, 2.75) is 38.1 Å². The maximum Gasteiger partial charge on any atom is 0.260 e. The molecule has 2 heterocycles. The Labute approximate surface area is 196 Å². The van der Waals surface area contributed by atoms with E-state index in [1.165, 1.54) is 12.8 Å². The molecule has 2 aromatic rings. The van der Waals surface area contributed by atoms with Crippen molar-refractivity contribution in [1.29, 1.82) is 0 Å². The van der Waals surface area contributed by atoms with Crippen LogP contribution in [0.3, 0.4) is 0 Å². The van der Waals surface area contributed by atoms with Gasteiger partial charge in [0.05, 0.1) is 6.04 Å². The second-order valence-corrected chi connectivity index (χ2v) is 8.87. The minimum absolute atomic E-state index is 0.00395. The van der Waals surface area contributed by atoms with Gasteiger partial charge in [0, 0.05) is 51.0 Å². The summed E-state index contributed by atoms with van der Waals surface area (Å²) in [5, 5.41) is 3.16. The van der Waals surface area contributed by atoms with Crippen molar-refractivity contribution in [2.24, 2.45) is 5.92 Å². The van der Waals surface area contributed by atoms with E-state index in [2.05, 4.69) is 15.2 Å². The van der Waals surface area contributed by atoms with E-state index < -0.39 is 0 Å². The summed E-state index contributed by atoms with van der Waals surface area (Å²) in [5.74, 6) is 1.21. The van der Waals surface area contributed by atoms with Crippen molar-refractivity contribution in [2.75, 3.05) is 39.3 Å². The minimum Gasteiger partial charge on any atom is -0.484 e. The Hall–Kier alpha value is -2.93. The molecule has 1 saturated heterocycles. The zero-order chi connectivity index (χ0) is 22.9. The van der Waals surface area contributed by atoms with Crippen molar-refractivity contribution < 1.29 is 14.3 Å². The van der Waals surface area contributed by atoms with Gasteiger partial charge in [-0.25, -0.2) is 0 Å². The molecule has 1 unspecified atom stereocenters. The molecule has 1 atom stereocenters. The fourth-order valence-corrected chi connectivity index (χ4v) is 4.92. The monoisotopic (exact) mass is 450 g/mol. The van der Waals surface area contributed by atoms with Crippen LogP contribution in [0, 0.1) is 5.92 Å². The zero-order valence-electron chi connectivity index (χ0n) is 19.2. The van der Waals surface area contributed by atoms with Crippen molar-refractivity contribution in [3.63, 3.8) is 0 Å². The molecule has 33 heavy (non-hydrogen) atoms. The molecule has 4 rings (SSSR count). The van der Waals surface area contributed by atoms with Crippen LogP contribution in [0.1, 0.15) is 31.4 Å². The molecule has 7 nitrogen and oxygen atoms in total. The molecule has 2 amide bonds. The van der Waals surface area contributed by atoms with Crippen LogP contribution in [0.2, 0.25) is 0 Å². The van der Waals surface area contributed by atoms with E-state index in [-0.39, 0.29) is 24.5 Å². The fraction of sp³-hybridized carbons (Fsp3) is 0.500. The van der Waals surface area contributed by atoms with Gasteiger partial charge in [-0.15, -0.1) is 0 Å². The third-order valence-electron chi connectivity index (χ3n) is 6.69. The third-order valence-corrected chi connectivity index (χ3v) is 6.69. The summed E-state index contributed by atoms with van der Waals surface area (Å²) in [6.45, 7) is 3.32. The van der Waals surface area contributed by atoms with E-state index in [1.54, 1.807) is 6.20 Å². The van der Waals surface area contributed by atoms with Gasteiger partial charge in [0.15, 0.2) is 6.61 Å². The van der Waals surface area contributed by atoms with Crippen LogP contribution >= 0.6 is 0 Å². The number of para-hydroxylation sites is 1. The van der Waals surface area contributed by atoms with Crippen LogP contribution in [-0.4, -0.2) is 72.0 Å². The molecule has 2 aliphatic rings. The summed E-state index contributed by atoms with van der Waals surface area (Å²) in [6, 6.07) is 15.1. The Bertz CT molecular complexity index is 879. The predicted octanol–water partition coefficient (Wildman–Crippen LogP) is 2.52. The van der Waals surface area contributed by atoms with E-state index in [9.17, 15) is 9.59 Å². The molecular formula is C26H34N4O3. The maximum absolute atomic E-state index is 13.2. The first-order chi connectivity index (χ1) is 16.2. The number of carbonyl (C=O) groups excluding carboxylic acids is 2. The second kappa shape index (κ2) is 11.8. The van der Waals surface area contributed by atoms with Crippen LogP contribution in [0.4, 0.5) is 0 Å². The lowest BCUT2D eigenvalue weighted by atomic mass is 9.95. The predicted molar refractivity (Wildman–Crippen MR) is 127 cm³/mol. The van der Waals surface area contributed by atoms with Crippen molar-refractivity contribution in [1.82, 2.24) is 20.1 Å². The Morgan fingerprint density at radius 2 is 1.73 bits per heavy atom. The number of ether oxygens (including phenoxy) is 1. The molecule has 0 bridgehead atoms. The molecule has 2 fully saturated rings. The smallest absolute Gasteiger partial charge is 0.260 e. The number of rotatable bonds is 9. The standard InChI is InChI=1S/C26H34N4O3/c31-24(20-33-23-11-2-1-3-12-23)29-16-18-30(19-17-29)25(21-8-4-5-9-21)26(32)28-15-13-22-10-6-7-14-27-22/h1-3,6-7,10-12,14,21,25H,4-5,8-9,13,15-20H2,(H,28,32). The number of amides is 2. The first-order valence-corrected chi connectivity index (χ1v) is 12.1. The zero-order valence-corrected chi connectivity index (χ0v) is 19.2. The van der Waals surface area contributed by atoms with Crippen LogP contribution in [0.25, 0.3) is 0 Å². The van der Waals surface area contributed by atoms with Crippen LogP contribution in [0.15, 0.2) is 54.7 Å². The van der Waals surface area contributed by atoms with Gasteiger partial charge in [-0.1, -0.05) is 37.1 Å². The van der Waals surface area contributed by atoms with Gasteiger partial charge >= 0.3 is 0 Å². The molecule has 1 aliphatic carbocycles. The highest BCUT2D eigenvalue weighted by Crippen LogP contribution is 2.31. The van der Waals surface area contributed by atoms with Gasteiger partial charge in [-0.3, -0.25) is 19.5 Å². The van der Waals surface area contributed by atoms with E-state index >= 15 is 0 Å². The molecule has 1 aromatic carbocycles. The number of pyridine rings is 1. The molecule has 7 heteroatoms. The van der Waals surface area contributed by atoms with Gasteiger partial charge in [0.25, 0.3) is 5.91 Å². The minimum atomic E-state index is -0.117. The SMILES string of the molecule is O=C(NCCc1ccccn1)C(C1CCCC1)N1CCN(C(=O)COc2ccccc2)CC1. The molecule has 1 aromatic heterocycles. The van der Waals surface area contributed by atoms with E-state index in [0.29, 0.717) is 44.4 Å². The van der Waals surface area contributed by atoms with Crippen molar-refractivity contribution >= 4 is 11.8 Å². The Morgan fingerprint density at radius 3 is 2.42 bits per heavy atom. The third kappa shape index (κ3) is 6.54. The average Bonchev–Trinajstić information content (AvgIpc) is 3.39. The molecule has 176 valence electrons. The van der Waals surface area contributed by atoms with E-state index in [4.69, 9.17) is 4.74 Å². The Balaban J connectivity index is 1.28. The molecular weight excluding hydrogens is 416 g/mol. The van der Waals surface area contributed by atoms with Crippen molar-refractivity contribution in [3.8, 4) is 5.75 Å². The Kier molecular flexibility index (Phi) is 8.30. The second-order valence-electron chi connectivity index (χ2n) is 8.87. The fourth-order valence-electron chi connectivity index (χ4n) is 4.92. The molecule has 0 spiro atoms. The van der Waals surface area contributed by atoms with Gasteiger partial charge in [-0.05, 0) is 43.0 Å². The lowest BCUT2D eigenvalue weighted by molar-refractivity contribution is -0.137. The number of carbonyl (C=O) groups is 2. The summed E-state index contributed by atoms with van der Waals surface area (Å²) in [4.78, 5) is 34.3. The van der Waals surface area contributed by atoms with Crippen molar-refractivity contribution in [3.05, 3.63) is 60.4 Å². The normalized spacial score (nSPS) is 18.1. The summed E-state index contributed by atoms with van der Waals surface area (Å²) < 4.78 is 5.62. The summed E-state index contributed by atoms with van der Waals surface area (Å²) in [7, 11) is 0. The molecule has 0 radical (unpaired) electrons. The average molecular weight is 451 g/mol. The largest absolute Gasteiger partial charge is 0.484 e. The number of piperazine rings is 1. The number of nitrogens with zero attached hydrogens (tertiary/aromatic N) is 3. The summed E-state index contributed by atoms with van der Waals surface area (Å²) in [5.41, 5.74) is 0.986. The first kappa shape index (κ1) is 23.2. The number of hydrogen-bond donors (Lipinski definition) is 1. The summed E-state index contributed by atoms with van der Waals surface area (Å²) in [6.07, 6.45) is 7.10. The van der Waals surface area contributed by atoms with Gasteiger partial charge in [-0.2, -0.15) is 0 Å². The van der Waals surface area contributed by atoms with E-state index in [1.807, 2.05) is 53.4 Å². The lowest BCUT2D eigenvalue weighted by Gasteiger charge is -2.40. The molecule has 1 saturated carbocycles. The number of nitrogens with one attached hydrogen (secondary N) is 1.